The first-order valence-electron chi connectivity index (χ1n) is 7.49. The van der Waals surface area contributed by atoms with Gasteiger partial charge in [-0.2, -0.15) is 0 Å². The molecule has 0 aromatic carbocycles. The first-order valence-corrected chi connectivity index (χ1v) is 7.49. The summed E-state index contributed by atoms with van der Waals surface area (Å²) >= 11 is 0. The SMILES string of the molecule is CCc1nccn1C1CCOC2(CCCCC2)C1. The Morgan fingerprint density at radius 1 is 1.39 bits per heavy atom. The van der Waals surface area contributed by atoms with Gasteiger partial charge < -0.3 is 9.30 Å². The van der Waals surface area contributed by atoms with Crippen molar-refractivity contribution in [1.29, 1.82) is 0 Å². The molecule has 1 aromatic heterocycles. The summed E-state index contributed by atoms with van der Waals surface area (Å²) in [4.78, 5) is 4.47. The summed E-state index contributed by atoms with van der Waals surface area (Å²) in [5.74, 6) is 1.23. The van der Waals surface area contributed by atoms with Gasteiger partial charge in [-0.25, -0.2) is 4.98 Å². The molecule has 2 fully saturated rings. The average Bonchev–Trinajstić information content (AvgIpc) is 2.88. The highest BCUT2D eigenvalue weighted by Gasteiger charge is 2.39. The van der Waals surface area contributed by atoms with Crippen LogP contribution in [0.5, 0.6) is 0 Å². The lowest BCUT2D eigenvalue weighted by molar-refractivity contribution is -0.114. The molecule has 1 spiro atoms. The second kappa shape index (κ2) is 5.04. The van der Waals surface area contributed by atoms with Gasteiger partial charge in [0.2, 0.25) is 0 Å². The van der Waals surface area contributed by atoms with E-state index in [4.69, 9.17) is 4.74 Å². The standard InChI is InChI=1S/C15H24N2O/c1-2-14-16-9-10-17(14)13-6-11-18-15(12-13)7-4-3-5-8-15/h9-10,13H,2-8,11-12H2,1H3. The van der Waals surface area contributed by atoms with Crippen LogP contribution in [-0.2, 0) is 11.2 Å². The lowest BCUT2D eigenvalue weighted by atomic mass is 9.78. The summed E-state index contributed by atoms with van der Waals surface area (Å²) in [6.45, 7) is 3.11. The Balaban J connectivity index is 1.77. The number of hydrogen-bond acceptors (Lipinski definition) is 2. The highest BCUT2D eigenvalue weighted by Crippen LogP contribution is 2.42. The summed E-state index contributed by atoms with van der Waals surface area (Å²) in [7, 11) is 0. The largest absolute Gasteiger partial charge is 0.375 e. The van der Waals surface area contributed by atoms with Crippen LogP contribution in [0.4, 0.5) is 0 Å². The number of aryl methyl sites for hydroxylation is 1. The van der Waals surface area contributed by atoms with Crippen molar-refractivity contribution in [2.45, 2.75) is 69.9 Å². The molecule has 2 aliphatic rings. The highest BCUT2D eigenvalue weighted by atomic mass is 16.5. The zero-order valence-electron chi connectivity index (χ0n) is 11.4. The maximum Gasteiger partial charge on any atom is 0.108 e. The summed E-state index contributed by atoms with van der Waals surface area (Å²) < 4.78 is 8.58. The molecule has 3 heteroatoms. The lowest BCUT2D eigenvalue weighted by Gasteiger charge is -2.44. The molecule has 0 bridgehead atoms. The predicted octanol–water partition coefficient (Wildman–Crippen LogP) is 3.50. The van der Waals surface area contributed by atoms with Crippen LogP contribution in [0.3, 0.4) is 0 Å². The molecule has 18 heavy (non-hydrogen) atoms. The van der Waals surface area contributed by atoms with E-state index in [1.807, 2.05) is 6.20 Å². The Bertz CT molecular complexity index is 387. The minimum Gasteiger partial charge on any atom is -0.375 e. The molecule has 0 amide bonds. The third-order valence-corrected chi connectivity index (χ3v) is 4.69. The molecule has 1 atom stereocenters. The highest BCUT2D eigenvalue weighted by molar-refractivity contribution is 4.99. The Hall–Kier alpha value is -0.830. The molecule has 0 radical (unpaired) electrons. The van der Waals surface area contributed by atoms with Gasteiger partial charge >= 0.3 is 0 Å². The quantitative estimate of drug-likeness (QED) is 0.801. The smallest absolute Gasteiger partial charge is 0.108 e. The molecule has 1 saturated heterocycles. The summed E-state index contributed by atoms with van der Waals surface area (Å²) in [6.07, 6.45) is 14.1. The molecule has 1 saturated carbocycles. The predicted molar refractivity (Wildman–Crippen MR) is 71.6 cm³/mol. The van der Waals surface area contributed by atoms with Crippen LogP contribution in [0.1, 0.15) is 63.7 Å². The maximum absolute atomic E-state index is 6.17. The number of rotatable bonds is 2. The van der Waals surface area contributed by atoms with E-state index in [-0.39, 0.29) is 5.60 Å². The fourth-order valence-corrected chi connectivity index (χ4v) is 3.73. The zero-order chi connectivity index (χ0) is 12.4. The van der Waals surface area contributed by atoms with Gasteiger partial charge in [0.1, 0.15) is 5.82 Å². The molecule has 3 nitrogen and oxygen atoms in total. The molecule has 2 heterocycles. The van der Waals surface area contributed by atoms with E-state index < -0.39 is 0 Å². The second-order valence-electron chi connectivity index (χ2n) is 5.84. The van der Waals surface area contributed by atoms with Gasteiger partial charge in [-0.05, 0) is 25.7 Å². The number of ether oxygens (including phenoxy) is 1. The maximum atomic E-state index is 6.17. The number of imidazole rings is 1. The fraction of sp³-hybridized carbons (Fsp3) is 0.800. The van der Waals surface area contributed by atoms with Crippen molar-refractivity contribution in [2.24, 2.45) is 0 Å². The van der Waals surface area contributed by atoms with Crippen LogP contribution in [0.25, 0.3) is 0 Å². The average molecular weight is 248 g/mol. The van der Waals surface area contributed by atoms with Crippen molar-refractivity contribution in [3.8, 4) is 0 Å². The fourth-order valence-electron chi connectivity index (χ4n) is 3.73. The van der Waals surface area contributed by atoms with E-state index >= 15 is 0 Å². The van der Waals surface area contributed by atoms with Gasteiger partial charge in [0, 0.05) is 31.5 Å². The molecule has 0 N–H and O–H groups in total. The van der Waals surface area contributed by atoms with Crippen molar-refractivity contribution >= 4 is 0 Å². The van der Waals surface area contributed by atoms with Gasteiger partial charge in [0.25, 0.3) is 0 Å². The van der Waals surface area contributed by atoms with E-state index in [9.17, 15) is 0 Å². The molecule has 1 aliphatic heterocycles. The molecule has 1 unspecified atom stereocenters. The van der Waals surface area contributed by atoms with Crippen LogP contribution >= 0.6 is 0 Å². The van der Waals surface area contributed by atoms with E-state index in [1.54, 1.807) is 0 Å². The van der Waals surface area contributed by atoms with E-state index in [1.165, 1.54) is 44.3 Å². The van der Waals surface area contributed by atoms with Gasteiger partial charge in [-0.3, -0.25) is 0 Å². The van der Waals surface area contributed by atoms with Gasteiger partial charge in [-0.1, -0.05) is 26.2 Å². The Morgan fingerprint density at radius 2 is 2.22 bits per heavy atom. The van der Waals surface area contributed by atoms with E-state index in [0.29, 0.717) is 6.04 Å². The van der Waals surface area contributed by atoms with Crippen molar-refractivity contribution < 1.29 is 4.74 Å². The Labute approximate surface area is 110 Å². The lowest BCUT2D eigenvalue weighted by Crippen LogP contribution is -2.42. The molecule has 1 aliphatic carbocycles. The van der Waals surface area contributed by atoms with E-state index in [2.05, 4.69) is 22.7 Å². The Morgan fingerprint density at radius 3 is 3.00 bits per heavy atom. The van der Waals surface area contributed by atoms with Crippen molar-refractivity contribution in [1.82, 2.24) is 9.55 Å². The molecule has 100 valence electrons. The van der Waals surface area contributed by atoms with E-state index in [0.717, 1.165) is 19.4 Å². The van der Waals surface area contributed by atoms with Crippen molar-refractivity contribution in [2.75, 3.05) is 6.61 Å². The normalized spacial score (nSPS) is 27.5. The van der Waals surface area contributed by atoms with Gasteiger partial charge in [0.15, 0.2) is 0 Å². The van der Waals surface area contributed by atoms with Gasteiger partial charge in [0.05, 0.1) is 5.60 Å². The third kappa shape index (κ3) is 2.20. The Kier molecular flexibility index (Phi) is 3.42. The van der Waals surface area contributed by atoms with Crippen LogP contribution in [0.2, 0.25) is 0 Å². The number of aromatic nitrogens is 2. The summed E-state index contributed by atoms with van der Waals surface area (Å²) in [5.41, 5.74) is 0.191. The minimum atomic E-state index is 0.191. The van der Waals surface area contributed by atoms with Gasteiger partial charge in [-0.15, -0.1) is 0 Å². The van der Waals surface area contributed by atoms with Crippen molar-refractivity contribution in [3.63, 3.8) is 0 Å². The number of nitrogens with zero attached hydrogens (tertiary/aromatic N) is 2. The third-order valence-electron chi connectivity index (χ3n) is 4.69. The second-order valence-corrected chi connectivity index (χ2v) is 5.84. The number of hydrogen-bond donors (Lipinski definition) is 0. The van der Waals surface area contributed by atoms with Crippen LogP contribution in [0, 0.1) is 0 Å². The first kappa shape index (κ1) is 12.2. The molecule has 3 rings (SSSR count). The monoisotopic (exact) mass is 248 g/mol. The van der Waals surface area contributed by atoms with Crippen LogP contribution in [-0.4, -0.2) is 21.8 Å². The summed E-state index contributed by atoms with van der Waals surface area (Å²) in [6, 6.07) is 0.606. The molecular weight excluding hydrogens is 224 g/mol. The van der Waals surface area contributed by atoms with Crippen LogP contribution < -0.4 is 0 Å². The first-order chi connectivity index (χ1) is 8.83. The van der Waals surface area contributed by atoms with Crippen LogP contribution in [0.15, 0.2) is 12.4 Å². The topological polar surface area (TPSA) is 27.1 Å². The summed E-state index contributed by atoms with van der Waals surface area (Å²) in [5, 5.41) is 0. The molecule has 1 aromatic rings. The van der Waals surface area contributed by atoms with Crippen molar-refractivity contribution in [3.05, 3.63) is 18.2 Å². The zero-order valence-corrected chi connectivity index (χ0v) is 11.4. The minimum absolute atomic E-state index is 0.191. The molecular formula is C15H24N2O.